The van der Waals surface area contributed by atoms with E-state index in [0.29, 0.717) is 5.69 Å². The molecule has 1 amide bonds. The molecule has 0 aliphatic carbocycles. The quantitative estimate of drug-likeness (QED) is 0.693. The molecule has 2 aromatic heterocycles. The van der Waals surface area contributed by atoms with Gasteiger partial charge in [0.2, 0.25) is 5.91 Å². The fourth-order valence-electron chi connectivity index (χ4n) is 2.20. The van der Waals surface area contributed by atoms with Crippen molar-refractivity contribution in [1.29, 1.82) is 0 Å². The highest BCUT2D eigenvalue weighted by atomic mass is 16.4. The van der Waals surface area contributed by atoms with Gasteiger partial charge in [-0.05, 0) is 10.4 Å². The lowest BCUT2D eigenvalue weighted by molar-refractivity contribution is -0.151. The monoisotopic (exact) mass is 277 g/mol. The van der Waals surface area contributed by atoms with E-state index in [1.165, 1.54) is 22.2 Å². The number of amides is 1. The Labute approximate surface area is 112 Å². The summed E-state index contributed by atoms with van der Waals surface area (Å²) in [6.07, 6.45) is 2.99. The van der Waals surface area contributed by atoms with Gasteiger partial charge in [0, 0.05) is 6.42 Å². The van der Waals surface area contributed by atoms with Gasteiger partial charge in [-0.1, -0.05) is 0 Å². The summed E-state index contributed by atoms with van der Waals surface area (Å²) in [5.74, 6) is -1.41. The zero-order valence-electron chi connectivity index (χ0n) is 10.3. The number of nitrogens with zero attached hydrogens (tertiary/aromatic N) is 6. The number of imidazole rings is 1. The molecule has 3 rings (SSSR count). The number of hydrogen-bond acceptors (Lipinski definition) is 6. The molecule has 1 atom stereocenters. The maximum Gasteiger partial charge on any atom is 0.326 e. The summed E-state index contributed by atoms with van der Waals surface area (Å²) in [6, 6.07) is -0.921. The van der Waals surface area contributed by atoms with E-state index in [1.807, 2.05) is 0 Å². The minimum absolute atomic E-state index is 0.0970. The van der Waals surface area contributed by atoms with Crippen LogP contribution in [0.25, 0.3) is 0 Å². The zero-order valence-corrected chi connectivity index (χ0v) is 10.3. The predicted molar refractivity (Wildman–Crippen MR) is 62.1 cm³/mol. The maximum atomic E-state index is 12.2. The van der Waals surface area contributed by atoms with Crippen LogP contribution in [-0.4, -0.2) is 58.1 Å². The third kappa shape index (κ3) is 2.11. The first kappa shape index (κ1) is 12.3. The van der Waals surface area contributed by atoms with E-state index in [9.17, 15) is 14.7 Å². The van der Waals surface area contributed by atoms with Crippen LogP contribution in [0.3, 0.4) is 0 Å². The van der Waals surface area contributed by atoms with Crippen molar-refractivity contribution in [1.82, 2.24) is 35.1 Å². The summed E-state index contributed by atoms with van der Waals surface area (Å²) in [6.45, 7) is 0.0908. The number of tetrazole rings is 1. The molecule has 2 N–H and O–H groups in total. The van der Waals surface area contributed by atoms with E-state index in [2.05, 4.69) is 25.5 Å². The summed E-state index contributed by atoms with van der Waals surface area (Å²) in [7, 11) is 0. The Morgan fingerprint density at radius 3 is 3.05 bits per heavy atom. The highest BCUT2D eigenvalue weighted by Crippen LogP contribution is 2.21. The van der Waals surface area contributed by atoms with Gasteiger partial charge >= 0.3 is 5.97 Å². The number of aromatic nitrogens is 6. The molecule has 0 bridgehead atoms. The number of carbonyl (C=O) groups excluding carboxylic acids is 1. The molecule has 1 aliphatic heterocycles. The van der Waals surface area contributed by atoms with Crippen molar-refractivity contribution in [2.75, 3.05) is 0 Å². The van der Waals surface area contributed by atoms with Crippen LogP contribution >= 0.6 is 0 Å². The van der Waals surface area contributed by atoms with Crippen molar-refractivity contribution in [3.63, 3.8) is 0 Å². The third-order valence-electron chi connectivity index (χ3n) is 3.19. The number of carboxylic acids is 1. The number of rotatable bonds is 3. The van der Waals surface area contributed by atoms with Crippen molar-refractivity contribution >= 4 is 11.9 Å². The van der Waals surface area contributed by atoms with Gasteiger partial charge in [0.1, 0.15) is 18.9 Å². The van der Waals surface area contributed by atoms with Gasteiger partial charge in [-0.15, -0.1) is 5.10 Å². The predicted octanol–water partition coefficient (Wildman–Crippen LogP) is -1.57. The van der Waals surface area contributed by atoms with E-state index >= 15 is 0 Å². The minimum atomic E-state index is -1.05. The second-order valence-corrected chi connectivity index (χ2v) is 4.41. The van der Waals surface area contributed by atoms with Gasteiger partial charge in [0.05, 0.1) is 24.3 Å². The van der Waals surface area contributed by atoms with Crippen molar-refractivity contribution < 1.29 is 14.7 Å². The van der Waals surface area contributed by atoms with Crippen LogP contribution in [0.1, 0.15) is 11.4 Å². The van der Waals surface area contributed by atoms with Crippen LogP contribution in [-0.2, 0) is 29.1 Å². The lowest BCUT2D eigenvalue weighted by atomic mass is 10.0. The van der Waals surface area contributed by atoms with E-state index in [0.717, 1.165) is 5.69 Å². The average molecular weight is 277 g/mol. The molecular formula is C10H11N7O3. The van der Waals surface area contributed by atoms with Gasteiger partial charge in [-0.25, -0.2) is 14.5 Å². The number of nitrogens with one attached hydrogen (secondary N) is 1. The molecule has 0 spiro atoms. The van der Waals surface area contributed by atoms with Gasteiger partial charge in [0.25, 0.3) is 0 Å². The lowest BCUT2D eigenvalue weighted by Crippen LogP contribution is -2.49. The summed E-state index contributed by atoms with van der Waals surface area (Å²) >= 11 is 0. The third-order valence-corrected chi connectivity index (χ3v) is 3.19. The number of carbonyl (C=O) groups is 2. The highest BCUT2D eigenvalue weighted by Gasteiger charge is 2.35. The molecule has 10 nitrogen and oxygen atoms in total. The Balaban J connectivity index is 1.82. The van der Waals surface area contributed by atoms with Crippen LogP contribution in [0.4, 0.5) is 0 Å². The summed E-state index contributed by atoms with van der Waals surface area (Å²) < 4.78 is 1.25. The molecule has 104 valence electrons. The Hall–Kier alpha value is -2.78. The maximum absolute atomic E-state index is 12.2. The summed E-state index contributed by atoms with van der Waals surface area (Å²) in [5, 5.41) is 19.7. The van der Waals surface area contributed by atoms with Crippen LogP contribution in [0.15, 0.2) is 12.7 Å². The fourth-order valence-corrected chi connectivity index (χ4v) is 2.20. The largest absolute Gasteiger partial charge is 0.480 e. The van der Waals surface area contributed by atoms with Gasteiger partial charge < -0.3 is 15.0 Å². The average Bonchev–Trinajstić information content (AvgIpc) is 3.06. The molecular weight excluding hydrogens is 266 g/mol. The fraction of sp³-hybridized carbons (Fsp3) is 0.400. The number of aliphatic carboxylic acids is 1. The van der Waals surface area contributed by atoms with Crippen LogP contribution < -0.4 is 0 Å². The van der Waals surface area contributed by atoms with Crippen molar-refractivity contribution in [2.45, 2.75) is 25.6 Å². The Morgan fingerprint density at radius 2 is 2.35 bits per heavy atom. The zero-order chi connectivity index (χ0) is 14.1. The normalized spacial score (nSPS) is 17.8. The first-order valence-corrected chi connectivity index (χ1v) is 5.89. The summed E-state index contributed by atoms with van der Waals surface area (Å²) in [4.78, 5) is 31.8. The van der Waals surface area contributed by atoms with Crippen molar-refractivity contribution in [3.8, 4) is 0 Å². The van der Waals surface area contributed by atoms with E-state index < -0.39 is 12.0 Å². The van der Waals surface area contributed by atoms with Crippen LogP contribution in [0.5, 0.6) is 0 Å². The topological polar surface area (TPSA) is 130 Å². The first-order chi connectivity index (χ1) is 9.65. The van der Waals surface area contributed by atoms with E-state index in [-0.39, 0.29) is 25.4 Å². The second kappa shape index (κ2) is 4.72. The lowest BCUT2D eigenvalue weighted by Gasteiger charge is -2.32. The summed E-state index contributed by atoms with van der Waals surface area (Å²) in [5.41, 5.74) is 1.44. The van der Waals surface area contributed by atoms with E-state index in [1.54, 1.807) is 0 Å². The molecule has 0 saturated heterocycles. The Morgan fingerprint density at radius 1 is 1.50 bits per heavy atom. The second-order valence-electron chi connectivity index (χ2n) is 4.41. The van der Waals surface area contributed by atoms with Gasteiger partial charge in [0.15, 0.2) is 0 Å². The minimum Gasteiger partial charge on any atom is -0.480 e. The molecule has 0 aromatic carbocycles. The smallest absolute Gasteiger partial charge is 0.326 e. The Kier molecular flexibility index (Phi) is 2.89. The van der Waals surface area contributed by atoms with E-state index in [4.69, 9.17) is 0 Å². The number of aromatic amines is 1. The SMILES string of the molecule is O=C(O)C1Cc2nc[nH]c2CN1C(=O)Cn1cnnn1. The number of fused-ring (bicyclic) bond motifs is 1. The molecule has 1 aliphatic rings. The molecule has 0 fully saturated rings. The Bertz CT molecular complexity index is 635. The molecule has 0 radical (unpaired) electrons. The number of hydrogen-bond donors (Lipinski definition) is 2. The molecule has 0 saturated carbocycles. The van der Waals surface area contributed by atoms with Crippen molar-refractivity contribution in [2.24, 2.45) is 0 Å². The molecule has 10 heteroatoms. The van der Waals surface area contributed by atoms with Crippen molar-refractivity contribution in [3.05, 3.63) is 24.0 Å². The molecule has 20 heavy (non-hydrogen) atoms. The highest BCUT2D eigenvalue weighted by molar-refractivity contribution is 5.84. The molecule has 1 unspecified atom stereocenters. The van der Waals surface area contributed by atoms with Crippen LogP contribution in [0, 0.1) is 0 Å². The van der Waals surface area contributed by atoms with Gasteiger partial charge in [-0.2, -0.15) is 0 Å². The van der Waals surface area contributed by atoms with Gasteiger partial charge in [-0.3, -0.25) is 4.79 Å². The first-order valence-electron chi connectivity index (χ1n) is 5.89. The standard InChI is InChI=1S/C10H11N7O3/c18-9(3-16-5-13-14-15-16)17-2-7-6(11-4-12-7)1-8(17)10(19)20/h4-5,8H,1-3H2,(H,11,12)(H,19,20). The number of carboxylic acid groups (broad SMARTS) is 1. The molecule has 2 aromatic rings. The molecule has 3 heterocycles. The number of H-pyrrole nitrogens is 1. The van der Waals surface area contributed by atoms with Crippen LogP contribution in [0.2, 0.25) is 0 Å².